The van der Waals surface area contributed by atoms with E-state index >= 15 is 0 Å². The Kier molecular flexibility index (Phi) is 6.01. The van der Waals surface area contributed by atoms with Crippen molar-refractivity contribution in [1.29, 1.82) is 0 Å². The molecule has 1 aromatic rings. The number of aliphatic carboxylic acids is 1. The lowest BCUT2D eigenvalue weighted by atomic mass is 9.67. The van der Waals surface area contributed by atoms with Gasteiger partial charge in [0.05, 0.1) is 12.0 Å². The molecule has 0 radical (unpaired) electrons. The summed E-state index contributed by atoms with van der Waals surface area (Å²) in [7, 11) is 1.80. The van der Waals surface area contributed by atoms with E-state index < -0.39 is 11.4 Å². The number of likely N-dealkylation sites (tertiary alicyclic amines) is 1. The molecule has 5 heteroatoms. The van der Waals surface area contributed by atoms with Crippen LogP contribution in [0.5, 0.6) is 0 Å². The van der Waals surface area contributed by atoms with Crippen molar-refractivity contribution < 1.29 is 14.6 Å². The fraction of sp³-hybridized carbons (Fsp3) is 0.708. The number of ether oxygens (including phenoxy) is 1. The van der Waals surface area contributed by atoms with E-state index in [1.165, 1.54) is 12.0 Å². The van der Waals surface area contributed by atoms with E-state index in [0.29, 0.717) is 24.5 Å². The number of carboxylic acid groups (broad SMARTS) is 1. The van der Waals surface area contributed by atoms with Crippen LogP contribution in [0.4, 0.5) is 0 Å². The Hall–Kier alpha value is -1.43. The van der Waals surface area contributed by atoms with Crippen LogP contribution in [-0.4, -0.2) is 61.4 Å². The monoisotopic (exact) mass is 400 g/mol. The molecule has 3 unspecified atom stereocenters. The number of piperidine rings is 1. The van der Waals surface area contributed by atoms with E-state index in [0.717, 1.165) is 51.8 Å². The number of carbonyl (C=O) groups is 1. The Morgan fingerprint density at radius 3 is 2.48 bits per heavy atom. The molecule has 0 spiro atoms. The molecular weight excluding hydrogens is 364 g/mol. The van der Waals surface area contributed by atoms with Gasteiger partial charge in [-0.2, -0.15) is 0 Å². The minimum Gasteiger partial charge on any atom is -0.481 e. The van der Waals surface area contributed by atoms with Gasteiger partial charge in [-0.15, -0.1) is 0 Å². The summed E-state index contributed by atoms with van der Waals surface area (Å²) in [6.45, 7) is 5.74. The highest BCUT2D eigenvalue weighted by Gasteiger charge is 2.48. The number of nitrogens with zero attached hydrogens (tertiary/aromatic N) is 1. The van der Waals surface area contributed by atoms with Crippen molar-refractivity contribution in [3.63, 3.8) is 0 Å². The first-order valence-corrected chi connectivity index (χ1v) is 11.2. The third-order valence-corrected chi connectivity index (χ3v) is 7.98. The maximum atomic E-state index is 11.7. The Morgan fingerprint density at radius 1 is 1.24 bits per heavy atom. The summed E-state index contributed by atoms with van der Waals surface area (Å²) in [5, 5.41) is 13.6. The maximum Gasteiger partial charge on any atom is 0.310 e. The molecule has 3 fully saturated rings. The summed E-state index contributed by atoms with van der Waals surface area (Å²) in [5.74, 6) is 0.0283. The number of nitrogens with one attached hydrogen (secondary N) is 1. The van der Waals surface area contributed by atoms with E-state index in [9.17, 15) is 9.90 Å². The van der Waals surface area contributed by atoms with Crippen LogP contribution in [0.15, 0.2) is 30.3 Å². The molecule has 4 rings (SSSR count). The molecule has 1 aliphatic heterocycles. The quantitative estimate of drug-likeness (QED) is 0.664. The van der Waals surface area contributed by atoms with Crippen LogP contribution in [0, 0.1) is 10.8 Å². The SMILES string of the molecule is COCC1(C(C)NC2CC2c2ccccc2)CCN(CC2(C(=O)O)CCC2)CC1. The van der Waals surface area contributed by atoms with Gasteiger partial charge in [-0.25, -0.2) is 0 Å². The molecule has 0 amide bonds. The van der Waals surface area contributed by atoms with Crippen LogP contribution in [0.2, 0.25) is 0 Å². The lowest BCUT2D eigenvalue weighted by Gasteiger charge is -2.48. The van der Waals surface area contributed by atoms with Crippen molar-refractivity contribution in [2.24, 2.45) is 10.8 Å². The van der Waals surface area contributed by atoms with Crippen molar-refractivity contribution >= 4 is 5.97 Å². The van der Waals surface area contributed by atoms with Gasteiger partial charge in [0.1, 0.15) is 0 Å². The molecule has 2 aliphatic carbocycles. The van der Waals surface area contributed by atoms with E-state index in [2.05, 4.69) is 47.5 Å². The van der Waals surface area contributed by atoms with Gasteiger partial charge in [0.2, 0.25) is 0 Å². The first-order chi connectivity index (χ1) is 14.0. The Bertz CT molecular complexity index is 695. The lowest BCUT2D eigenvalue weighted by Crippen LogP contribution is -2.56. The van der Waals surface area contributed by atoms with Gasteiger partial charge in [0.15, 0.2) is 0 Å². The first-order valence-electron chi connectivity index (χ1n) is 11.2. The molecule has 0 bridgehead atoms. The maximum absolute atomic E-state index is 11.7. The Labute approximate surface area is 174 Å². The van der Waals surface area contributed by atoms with E-state index in [1.807, 2.05) is 0 Å². The molecule has 160 valence electrons. The van der Waals surface area contributed by atoms with Crippen LogP contribution < -0.4 is 5.32 Å². The second-order valence-corrected chi connectivity index (χ2v) is 9.76. The number of hydrogen-bond donors (Lipinski definition) is 2. The summed E-state index contributed by atoms with van der Waals surface area (Å²) in [5.41, 5.74) is 1.08. The molecule has 1 aromatic carbocycles. The molecule has 2 saturated carbocycles. The number of methoxy groups -OCH3 is 1. The molecule has 3 atom stereocenters. The third kappa shape index (κ3) is 4.23. The molecule has 5 nitrogen and oxygen atoms in total. The van der Waals surface area contributed by atoms with Crippen molar-refractivity contribution in [3.8, 4) is 0 Å². The summed E-state index contributed by atoms with van der Waals surface area (Å²) in [6, 6.07) is 11.8. The van der Waals surface area contributed by atoms with Crippen LogP contribution in [0.25, 0.3) is 0 Å². The van der Waals surface area contributed by atoms with Crippen molar-refractivity contribution in [2.45, 2.75) is 63.5 Å². The van der Waals surface area contributed by atoms with Gasteiger partial charge in [0, 0.05) is 37.1 Å². The highest BCUT2D eigenvalue weighted by atomic mass is 16.5. The highest BCUT2D eigenvalue weighted by molar-refractivity contribution is 5.76. The highest BCUT2D eigenvalue weighted by Crippen LogP contribution is 2.45. The summed E-state index contributed by atoms with van der Waals surface area (Å²) >= 11 is 0. The van der Waals surface area contributed by atoms with Crippen LogP contribution in [0.3, 0.4) is 0 Å². The average Bonchev–Trinajstić information content (AvgIpc) is 3.45. The second kappa shape index (κ2) is 8.37. The molecule has 3 aliphatic rings. The van der Waals surface area contributed by atoms with Gasteiger partial charge in [-0.1, -0.05) is 36.8 Å². The van der Waals surface area contributed by atoms with Crippen LogP contribution in [-0.2, 0) is 9.53 Å². The van der Waals surface area contributed by atoms with Crippen LogP contribution >= 0.6 is 0 Å². The zero-order valence-corrected chi connectivity index (χ0v) is 17.9. The molecular formula is C24H36N2O3. The van der Waals surface area contributed by atoms with E-state index in [4.69, 9.17) is 4.74 Å². The summed E-state index contributed by atoms with van der Waals surface area (Å²) in [4.78, 5) is 14.1. The fourth-order valence-electron chi connectivity index (χ4n) is 5.56. The molecule has 29 heavy (non-hydrogen) atoms. The normalized spacial score (nSPS) is 29.0. The zero-order chi connectivity index (χ0) is 20.5. The van der Waals surface area contributed by atoms with Gasteiger partial charge < -0.3 is 20.1 Å². The van der Waals surface area contributed by atoms with E-state index in [1.54, 1.807) is 7.11 Å². The summed E-state index contributed by atoms with van der Waals surface area (Å²) < 4.78 is 5.67. The first kappa shape index (κ1) is 20.8. The van der Waals surface area contributed by atoms with Crippen molar-refractivity contribution in [2.75, 3.05) is 33.4 Å². The molecule has 1 heterocycles. The van der Waals surface area contributed by atoms with Gasteiger partial charge in [-0.05, 0) is 57.7 Å². The summed E-state index contributed by atoms with van der Waals surface area (Å²) in [6.07, 6.45) is 6.06. The second-order valence-electron chi connectivity index (χ2n) is 9.76. The molecule has 0 aromatic heterocycles. The van der Waals surface area contributed by atoms with Gasteiger partial charge in [-0.3, -0.25) is 4.79 Å². The molecule has 1 saturated heterocycles. The molecule has 2 N–H and O–H groups in total. The number of benzene rings is 1. The third-order valence-electron chi connectivity index (χ3n) is 7.98. The topological polar surface area (TPSA) is 61.8 Å². The number of rotatable bonds is 9. The smallest absolute Gasteiger partial charge is 0.310 e. The predicted molar refractivity (Wildman–Crippen MR) is 114 cm³/mol. The largest absolute Gasteiger partial charge is 0.481 e. The van der Waals surface area contributed by atoms with Crippen molar-refractivity contribution in [1.82, 2.24) is 10.2 Å². The lowest BCUT2D eigenvalue weighted by molar-refractivity contribution is -0.157. The Balaban J connectivity index is 1.33. The fourth-order valence-corrected chi connectivity index (χ4v) is 5.56. The Morgan fingerprint density at radius 2 is 1.93 bits per heavy atom. The van der Waals surface area contributed by atoms with Gasteiger partial charge in [0.25, 0.3) is 0 Å². The zero-order valence-electron chi connectivity index (χ0n) is 17.9. The van der Waals surface area contributed by atoms with Crippen LogP contribution in [0.1, 0.15) is 56.9 Å². The standard InChI is InChI=1S/C24H36N2O3/c1-18(25-21-15-20(21)19-7-4-3-5-8-19)24(17-29-2)11-13-26(14-12-24)16-23(22(27)28)9-6-10-23/h3-5,7-8,18,20-21,25H,6,9-17H2,1-2H3,(H,27,28). The number of carboxylic acids is 1. The predicted octanol–water partition coefficient (Wildman–Crippen LogP) is 3.50. The minimum atomic E-state index is -0.604. The van der Waals surface area contributed by atoms with Gasteiger partial charge >= 0.3 is 5.97 Å². The number of hydrogen-bond acceptors (Lipinski definition) is 4. The minimum absolute atomic E-state index is 0.130. The van der Waals surface area contributed by atoms with Crippen molar-refractivity contribution in [3.05, 3.63) is 35.9 Å². The van der Waals surface area contributed by atoms with E-state index in [-0.39, 0.29) is 5.41 Å². The average molecular weight is 401 g/mol.